The summed E-state index contributed by atoms with van der Waals surface area (Å²) in [5.41, 5.74) is 0.670. The van der Waals surface area contributed by atoms with Crippen molar-refractivity contribution in [3.8, 4) is 0 Å². The van der Waals surface area contributed by atoms with Gasteiger partial charge in [0.05, 0.1) is 16.4 Å². The molecule has 0 aliphatic carbocycles. The molecule has 9 nitrogen and oxygen atoms in total. The van der Waals surface area contributed by atoms with E-state index in [0.29, 0.717) is 17.7 Å². The van der Waals surface area contributed by atoms with E-state index in [4.69, 9.17) is 4.74 Å². The van der Waals surface area contributed by atoms with Crippen LogP contribution in [0, 0.1) is 17.0 Å². The highest BCUT2D eigenvalue weighted by Crippen LogP contribution is 2.24. The first kappa shape index (κ1) is 21.3. The minimum atomic E-state index is -4.02. The second kappa shape index (κ2) is 8.81. The Labute approximate surface area is 162 Å². The molecule has 0 aliphatic heterocycles. The van der Waals surface area contributed by atoms with Crippen LogP contribution in [0.5, 0.6) is 0 Å². The van der Waals surface area contributed by atoms with Crippen LogP contribution >= 0.6 is 0 Å². The topological polar surface area (TPSA) is 128 Å². The second-order valence-electron chi connectivity index (χ2n) is 6.22. The maximum atomic E-state index is 12.5. The summed E-state index contributed by atoms with van der Waals surface area (Å²) in [5, 5.41) is 13.8. The van der Waals surface area contributed by atoms with Gasteiger partial charge in [-0.2, -0.15) is 0 Å². The van der Waals surface area contributed by atoms with Gasteiger partial charge in [0.15, 0.2) is 0 Å². The van der Waals surface area contributed by atoms with Crippen molar-refractivity contribution in [2.24, 2.45) is 0 Å². The third-order valence-electron chi connectivity index (χ3n) is 3.88. The fraction of sp³-hybridized carbons (Fsp3) is 0.278. The van der Waals surface area contributed by atoms with Crippen LogP contribution in [-0.2, 0) is 14.8 Å². The second-order valence-corrected chi connectivity index (χ2v) is 7.90. The van der Waals surface area contributed by atoms with Crippen LogP contribution in [0.25, 0.3) is 0 Å². The highest BCUT2D eigenvalue weighted by atomic mass is 32.2. The molecule has 150 valence electrons. The van der Waals surface area contributed by atoms with E-state index in [0.717, 1.165) is 6.07 Å². The molecule has 0 heterocycles. The van der Waals surface area contributed by atoms with Crippen molar-refractivity contribution in [1.82, 2.24) is 5.32 Å². The van der Waals surface area contributed by atoms with E-state index in [1.807, 2.05) is 0 Å². The quantitative estimate of drug-likeness (QED) is 0.511. The van der Waals surface area contributed by atoms with Crippen LogP contribution in [-0.4, -0.2) is 39.0 Å². The Kier molecular flexibility index (Phi) is 6.71. The zero-order valence-electron chi connectivity index (χ0n) is 15.6. The lowest BCUT2D eigenvalue weighted by atomic mass is 10.2. The molecule has 1 atom stereocenters. The number of nitrogens with zero attached hydrogens (tertiary/aromatic N) is 1. The number of hydrogen-bond acceptors (Lipinski definition) is 6. The van der Waals surface area contributed by atoms with E-state index >= 15 is 0 Å². The summed E-state index contributed by atoms with van der Waals surface area (Å²) in [5.74, 6) is -0.312. The molecule has 0 aromatic heterocycles. The van der Waals surface area contributed by atoms with Gasteiger partial charge in [-0.05, 0) is 44.2 Å². The van der Waals surface area contributed by atoms with Crippen molar-refractivity contribution in [3.63, 3.8) is 0 Å². The van der Waals surface area contributed by atoms with E-state index in [-0.39, 0.29) is 28.2 Å². The fourth-order valence-corrected chi connectivity index (χ4v) is 3.53. The molecule has 10 heteroatoms. The molecule has 0 spiro atoms. The number of rotatable bonds is 8. The van der Waals surface area contributed by atoms with Gasteiger partial charge in [-0.1, -0.05) is 6.07 Å². The van der Waals surface area contributed by atoms with Gasteiger partial charge in [0.25, 0.3) is 21.6 Å². The molecule has 0 fully saturated rings. The van der Waals surface area contributed by atoms with E-state index < -0.39 is 14.9 Å². The van der Waals surface area contributed by atoms with Crippen molar-refractivity contribution >= 4 is 27.3 Å². The van der Waals surface area contributed by atoms with Gasteiger partial charge in [-0.3, -0.25) is 19.6 Å². The summed E-state index contributed by atoms with van der Waals surface area (Å²) in [6.07, 6.45) is 0. The van der Waals surface area contributed by atoms with Crippen molar-refractivity contribution in [2.45, 2.75) is 24.8 Å². The molecule has 0 saturated carbocycles. The molecule has 0 bridgehead atoms. The number of nitro benzene ring substituents is 1. The Morgan fingerprint density at radius 1 is 1.21 bits per heavy atom. The highest BCUT2D eigenvalue weighted by Gasteiger charge is 2.20. The SMILES string of the molecule is COCC(C)NC(=O)c1ccc(NS(=O)(=O)c2ccc(C)c([N+](=O)[O-])c2)cc1. The van der Waals surface area contributed by atoms with Gasteiger partial charge in [0.2, 0.25) is 0 Å². The van der Waals surface area contributed by atoms with Crippen molar-refractivity contribution in [1.29, 1.82) is 0 Å². The molecule has 1 unspecified atom stereocenters. The number of sulfonamides is 1. The summed E-state index contributed by atoms with van der Waals surface area (Å²) < 4.78 is 32.3. The molecule has 0 radical (unpaired) electrons. The number of methoxy groups -OCH3 is 1. The number of ether oxygens (including phenoxy) is 1. The number of nitro groups is 1. The third kappa shape index (κ3) is 5.27. The van der Waals surface area contributed by atoms with E-state index in [2.05, 4.69) is 10.0 Å². The van der Waals surface area contributed by atoms with Crippen LogP contribution in [0.4, 0.5) is 11.4 Å². The monoisotopic (exact) mass is 407 g/mol. The smallest absolute Gasteiger partial charge is 0.273 e. The Bertz CT molecular complexity index is 973. The Hall–Kier alpha value is -2.98. The molecule has 0 saturated heterocycles. The first-order valence-corrected chi connectivity index (χ1v) is 9.80. The number of nitrogens with one attached hydrogen (secondary N) is 2. The number of amides is 1. The minimum Gasteiger partial charge on any atom is -0.383 e. The Morgan fingerprint density at radius 3 is 2.43 bits per heavy atom. The average molecular weight is 407 g/mol. The molecule has 28 heavy (non-hydrogen) atoms. The van der Waals surface area contributed by atoms with E-state index in [1.165, 1.54) is 50.4 Å². The molecule has 2 aromatic carbocycles. The molecule has 0 aliphatic rings. The van der Waals surface area contributed by atoms with Gasteiger partial charge in [-0.25, -0.2) is 8.42 Å². The normalized spacial score (nSPS) is 12.2. The molecular formula is C18H21N3O6S. The Morgan fingerprint density at radius 2 is 1.86 bits per heavy atom. The van der Waals surface area contributed by atoms with Gasteiger partial charge in [-0.15, -0.1) is 0 Å². The van der Waals surface area contributed by atoms with Gasteiger partial charge < -0.3 is 10.1 Å². The molecule has 1 amide bonds. The fourth-order valence-electron chi connectivity index (χ4n) is 2.46. The lowest BCUT2D eigenvalue weighted by molar-refractivity contribution is -0.385. The van der Waals surface area contributed by atoms with Crippen LogP contribution in [0.3, 0.4) is 0 Å². The molecule has 2 rings (SSSR count). The van der Waals surface area contributed by atoms with E-state index in [9.17, 15) is 23.3 Å². The zero-order chi connectivity index (χ0) is 20.9. The number of aryl methyl sites for hydroxylation is 1. The number of benzene rings is 2. The summed E-state index contributed by atoms with van der Waals surface area (Å²) in [7, 11) is -2.48. The van der Waals surface area contributed by atoms with Crippen molar-refractivity contribution < 1.29 is 22.9 Å². The number of carbonyl (C=O) groups is 1. The summed E-state index contributed by atoms with van der Waals surface area (Å²) >= 11 is 0. The lowest BCUT2D eigenvalue weighted by Crippen LogP contribution is -2.35. The predicted molar refractivity (Wildman–Crippen MR) is 104 cm³/mol. The predicted octanol–water partition coefficient (Wildman–Crippen LogP) is 2.47. The van der Waals surface area contributed by atoms with Crippen molar-refractivity contribution in [3.05, 3.63) is 63.7 Å². The van der Waals surface area contributed by atoms with Crippen molar-refractivity contribution in [2.75, 3.05) is 18.4 Å². The van der Waals surface area contributed by atoms with Crippen LogP contribution < -0.4 is 10.0 Å². The molecular weight excluding hydrogens is 386 g/mol. The van der Waals surface area contributed by atoms with Gasteiger partial charge in [0.1, 0.15) is 0 Å². The maximum Gasteiger partial charge on any atom is 0.273 e. The number of hydrogen-bond donors (Lipinski definition) is 2. The van der Waals surface area contributed by atoms with E-state index in [1.54, 1.807) is 6.92 Å². The minimum absolute atomic E-state index is 0.173. The first-order chi connectivity index (χ1) is 13.1. The maximum absolute atomic E-state index is 12.5. The summed E-state index contributed by atoms with van der Waals surface area (Å²) in [4.78, 5) is 22.3. The highest BCUT2D eigenvalue weighted by molar-refractivity contribution is 7.92. The largest absolute Gasteiger partial charge is 0.383 e. The summed E-state index contributed by atoms with van der Waals surface area (Å²) in [6.45, 7) is 3.69. The molecule has 2 N–H and O–H groups in total. The van der Waals surface area contributed by atoms with Gasteiger partial charge in [0, 0.05) is 36.0 Å². The molecule has 2 aromatic rings. The average Bonchev–Trinajstić information content (AvgIpc) is 2.62. The number of carbonyl (C=O) groups excluding carboxylic acids is 1. The van der Waals surface area contributed by atoms with Crippen LogP contribution in [0.1, 0.15) is 22.8 Å². The van der Waals surface area contributed by atoms with Gasteiger partial charge >= 0.3 is 0 Å². The zero-order valence-corrected chi connectivity index (χ0v) is 16.4. The first-order valence-electron chi connectivity index (χ1n) is 8.32. The number of anilines is 1. The standard InChI is InChI=1S/C18H21N3O6S/c1-12-4-9-16(10-17(12)21(23)24)28(25,26)20-15-7-5-14(6-8-15)18(22)19-13(2)11-27-3/h4-10,13,20H,11H2,1-3H3,(H,19,22). The lowest BCUT2D eigenvalue weighted by Gasteiger charge is -2.13. The third-order valence-corrected chi connectivity index (χ3v) is 5.26. The Balaban J connectivity index is 2.16. The van der Waals surface area contributed by atoms with Crippen LogP contribution in [0.15, 0.2) is 47.4 Å². The van der Waals surface area contributed by atoms with Crippen LogP contribution in [0.2, 0.25) is 0 Å². The summed E-state index contributed by atoms with van der Waals surface area (Å²) in [6, 6.07) is 9.34.